The molecule has 0 aliphatic carbocycles. The topological polar surface area (TPSA) is 39.1 Å². The molecule has 4 nitrogen and oxygen atoms in total. The highest BCUT2D eigenvalue weighted by atomic mass is 16.5. The van der Waals surface area contributed by atoms with Crippen LogP contribution in [0.5, 0.6) is 0 Å². The van der Waals surface area contributed by atoms with Crippen molar-refractivity contribution in [2.75, 3.05) is 19.8 Å². The lowest BCUT2D eigenvalue weighted by Crippen LogP contribution is -2.25. The summed E-state index contributed by atoms with van der Waals surface area (Å²) in [5, 5.41) is 7.96. The van der Waals surface area contributed by atoms with Gasteiger partial charge in [-0.3, -0.25) is 4.68 Å². The molecule has 1 aromatic rings. The molecule has 0 saturated heterocycles. The minimum absolute atomic E-state index is 0.396. The molecule has 1 N–H and O–H groups in total. The van der Waals surface area contributed by atoms with Crippen LogP contribution in [0.4, 0.5) is 0 Å². The Hall–Kier alpha value is -0.870. The van der Waals surface area contributed by atoms with Crippen LogP contribution in [0.15, 0.2) is 12.3 Å². The van der Waals surface area contributed by atoms with Gasteiger partial charge in [0.15, 0.2) is 0 Å². The van der Waals surface area contributed by atoms with Crippen molar-refractivity contribution in [3.05, 3.63) is 18.0 Å². The molecule has 1 heterocycles. The van der Waals surface area contributed by atoms with E-state index in [1.807, 2.05) is 13.1 Å². The van der Waals surface area contributed by atoms with E-state index in [0.29, 0.717) is 6.04 Å². The third-order valence-electron chi connectivity index (χ3n) is 3.03. The first-order valence-corrected chi connectivity index (χ1v) is 7.16. The average molecular weight is 253 g/mol. The van der Waals surface area contributed by atoms with E-state index < -0.39 is 0 Å². The number of aromatic nitrogens is 2. The normalized spacial score (nSPS) is 12.8. The summed E-state index contributed by atoms with van der Waals surface area (Å²) in [5.41, 5.74) is 1.29. The highest BCUT2D eigenvalue weighted by molar-refractivity contribution is 5.07. The van der Waals surface area contributed by atoms with Crippen LogP contribution in [0.3, 0.4) is 0 Å². The molecule has 0 aliphatic rings. The molecule has 0 bridgehead atoms. The van der Waals surface area contributed by atoms with E-state index in [1.165, 1.54) is 5.69 Å². The Morgan fingerprint density at radius 2 is 2.22 bits per heavy atom. The second kappa shape index (κ2) is 9.11. The zero-order valence-electron chi connectivity index (χ0n) is 12.0. The van der Waals surface area contributed by atoms with Crippen LogP contribution in [0.1, 0.15) is 51.8 Å². The van der Waals surface area contributed by atoms with Crippen molar-refractivity contribution in [1.82, 2.24) is 15.1 Å². The van der Waals surface area contributed by atoms with Crippen LogP contribution in [-0.2, 0) is 11.3 Å². The Bertz CT molecular complexity index is 312. The molecule has 0 aliphatic heterocycles. The molecular formula is C14H27N3O. The number of nitrogens with one attached hydrogen (secondary N) is 1. The molecule has 0 radical (unpaired) electrons. The van der Waals surface area contributed by atoms with E-state index in [2.05, 4.69) is 35.0 Å². The molecule has 104 valence electrons. The number of nitrogens with zero attached hydrogens (tertiary/aromatic N) is 2. The third-order valence-corrected chi connectivity index (χ3v) is 3.03. The molecule has 0 spiro atoms. The Kier molecular flexibility index (Phi) is 7.69. The van der Waals surface area contributed by atoms with Crippen molar-refractivity contribution in [2.45, 2.75) is 52.6 Å². The maximum atomic E-state index is 5.41. The molecular weight excluding hydrogens is 226 g/mol. The van der Waals surface area contributed by atoms with Gasteiger partial charge in [-0.1, -0.05) is 6.92 Å². The number of hydrogen-bond donors (Lipinski definition) is 1. The van der Waals surface area contributed by atoms with Gasteiger partial charge in [-0.15, -0.1) is 0 Å². The Labute approximate surface area is 111 Å². The van der Waals surface area contributed by atoms with Gasteiger partial charge in [0.2, 0.25) is 0 Å². The van der Waals surface area contributed by atoms with Crippen molar-refractivity contribution >= 4 is 0 Å². The number of hydrogen-bond acceptors (Lipinski definition) is 3. The predicted molar refractivity (Wildman–Crippen MR) is 74.7 cm³/mol. The largest absolute Gasteiger partial charge is 0.382 e. The van der Waals surface area contributed by atoms with E-state index in [4.69, 9.17) is 4.74 Å². The zero-order valence-corrected chi connectivity index (χ0v) is 12.0. The molecule has 1 aromatic heterocycles. The Morgan fingerprint density at radius 1 is 1.39 bits per heavy atom. The SMILES string of the molecule is CCCNC(CCCOCC)c1ccnn1CC. The van der Waals surface area contributed by atoms with Gasteiger partial charge in [0, 0.05) is 32.0 Å². The number of ether oxygens (including phenoxy) is 1. The van der Waals surface area contributed by atoms with Gasteiger partial charge in [0.25, 0.3) is 0 Å². The Morgan fingerprint density at radius 3 is 2.89 bits per heavy atom. The van der Waals surface area contributed by atoms with Crippen molar-refractivity contribution in [3.8, 4) is 0 Å². The van der Waals surface area contributed by atoms with Gasteiger partial charge in [-0.05, 0) is 45.7 Å². The van der Waals surface area contributed by atoms with Gasteiger partial charge in [0.1, 0.15) is 0 Å². The lowest BCUT2D eigenvalue weighted by atomic mass is 10.1. The Balaban J connectivity index is 2.54. The van der Waals surface area contributed by atoms with Crippen molar-refractivity contribution in [3.63, 3.8) is 0 Å². The smallest absolute Gasteiger partial charge is 0.0553 e. The molecule has 0 fully saturated rings. The summed E-state index contributed by atoms with van der Waals surface area (Å²) in [6.45, 7) is 10.0. The van der Waals surface area contributed by atoms with Gasteiger partial charge < -0.3 is 10.1 Å². The van der Waals surface area contributed by atoms with Crippen molar-refractivity contribution < 1.29 is 4.74 Å². The van der Waals surface area contributed by atoms with E-state index in [1.54, 1.807) is 0 Å². The minimum Gasteiger partial charge on any atom is -0.382 e. The van der Waals surface area contributed by atoms with Crippen LogP contribution in [0, 0.1) is 0 Å². The summed E-state index contributed by atoms with van der Waals surface area (Å²) >= 11 is 0. The van der Waals surface area contributed by atoms with Crippen LogP contribution >= 0.6 is 0 Å². The maximum absolute atomic E-state index is 5.41. The van der Waals surface area contributed by atoms with Crippen LogP contribution in [-0.4, -0.2) is 29.5 Å². The summed E-state index contributed by atoms with van der Waals surface area (Å²) in [6, 6.07) is 2.52. The molecule has 4 heteroatoms. The van der Waals surface area contributed by atoms with E-state index in [9.17, 15) is 0 Å². The number of aryl methyl sites for hydroxylation is 1. The molecule has 1 unspecified atom stereocenters. The summed E-state index contributed by atoms with van der Waals surface area (Å²) in [7, 11) is 0. The first-order valence-electron chi connectivity index (χ1n) is 7.16. The summed E-state index contributed by atoms with van der Waals surface area (Å²) in [6.07, 6.45) is 5.24. The molecule has 0 aromatic carbocycles. The quantitative estimate of drug-likeness (QED) is 0.652. The first kappa shape index (κ1) is 15.2. The molecule has 0 amide bonds. The van der Waals surface area contributed by atoms with Gasteiger partial charge in [-0.2, -0.15) is 5.10 Å². The maximum Gasteiger partial charge on any atom is 0.0553 e. The monoisotopic (exact) mass is 253 g/mol. The van der Waals surface area contributed by atoms with E-state index in [-0.39, 0.29) is 0 Å². The first-order chi connectivity index (χ1) is 8.83. The summed E-state index contributed by atoms with van der Waals surface area (Å²) in [5.74, 6) is 0. The van der Waals surface area contributed by atoms with Crippen LogP contribution < -0.4 is 5.32 Å². The highest BCUT2D eigenvalue weighted by Gasteiger charge is 2.14. The van der Waals surface area contributed by atoms with Gasteiger partial charge in [-0.25, -0.2) is 0 Å². The highest BCUT2D eigenvalue weighted by Crippen LogP contribution is 2.18. The average Bonchev–Trinajstić information content (AvgIpc) is 2.86. The fourth-order valence-electron chi connectivity index (χ4n) is 2.11. The summed E-state index contributed by atoms with van der Waals surface area (Å²) < 4.78 is 7.49. The molecule has 1 rings (SSSR count). The second-order valence-electron chi connectivity index (χ2n) is 4.42. The van der Waals surface area contributed by atoms with Crippen molar-refractivity contribution in [1.29, 1.82) is 0 Å². The molecule has 18 heavy (non-hydrogen) atoms. The third kappa shape index (κ3) is 4.78. The van der Waals surface area contributed by atoms with Crippen molar-refractivity contribution in [2.24, 2.45) is 0 Å². The molecule has 0 saturated carbocycles. The zero-order chi connectivity index (χ0) is 13.2. The predicted octanol–water partition coefficient (Wildman–Crippen LogP) is 2.76. The van der Waals surface area contributed by atoms with E-state index >= 15 is 0 Å². The minimum atomic E-state index is 0.396. The number of rotatable bonds is 10. The molecule has 1 atom stereocenters. The second-order valence-corrected chi connectivity index (χ2v) is 4.42. The standard InChI is InChI=1S/C14H27N3O/c1-4-10-15-13(8-7-12-18-6-3)14-9-11-16-17(14)5-2/h9,11,13,15H,4-8,10,12H2,1-3H3. The van der Waals surface area contributed by atoms with Crippen LogP contribution in [0.25, 0.3) is 0 Å². The lowest BCUT2D eigenvalue weighted by molar-refractivity contribution is 0.140. The summed E-state index contributed by atoms with van der Waals surface area (Å²) in [4.78, 5) is 0. The fraction of sp³-hybridized carbons (Fsp3) is 0.786. The van der Waals surface area contributed by atoms with Gasteiger partial charge >= 0.3 is 0 Å². The lowest BCUT2D eigenvalue weighted by Gasteiger charge is -2.19. The van der Waals surface area contributed by atoms with Gasteiger partial charge in [0.05, 0.1) is 5.69 Å². The fourth-order valence-corrected chi connectivity index (χ4v) is 2.11. The van der Waals surface area contributed by atoms with Crippen LogP contribution in [0.2, 0.25) is 0 Å². The van der Waals surface area contributed by atoms with E-state index in [0.717, 1.165) is 45.6 Å².